The van der Waals surface area contributed by atoms with E-state index < -0.39 is 0 Å². The van der Waals surface area contributed by atoms with Crippen molar-refractivity contribution in [2.75, 3.05) is 0 Å². The van der Waals surface area contributed by atoms with Crippen LogP contribution in [0.5, 0.6) is 0 Å². The molecule has 0 N–H and O–H groups in total. The lowest BCUT2D eigenvalue weighted by atomic mass is 9.92. The number of hydrogen-bond acceptors (Lipinski definition) is 0. The van der Waals surface area contributed by atoms with Crippen molar-refractivity contribution in [3.63, 3.8) is 0 Å². The molecule has 3 aromatic rings. The van der Waals surface area contributed by atoms with Gasteiger partial charge in [0.2, 0.25) is 0 Å². The number of hydrogen-bond donors (Lipinski definition) is 0. The third-order valence-corrected chi connectivity index (χ3v) is 3.05. The predicted molar refractivity (Wildman–Crippen MR) is 71.2 cm³/mol. The smallest absolute Gasteiger partial charge is 0.113 e. The van der Waals surface area contributed by atoms with E-state index in [4.69, 9.17) is 15.7 Å². The van der Waals surface area contributed by atoms with Gasteiger partial charge in [-0.15, -0.1) is 0 Å². The van der Waals surface area contributed by atoms with Crippen LogP contribution in [0.2, 0.25) is 0 Å². The molecule has 3 heteroatoms. The third kappa shape index (κ3) is 1.21. The van der Waals surface area contributed by atoms with Crippen LogP contribution in [0.25, 0.3) is 21.8 Å². The molecule has 0 amide bonds. The highest BCUT2D eigenvalue weighted by Gasteiger charge is 2.07. The van der Waals surface area contributed by atoms with E-state index in [0.29, 0.717) is 0 Å². The fraction of sp³-hybridized carbons (Fsp3) is 0.0769. The van der Waals surface area contributed by atoms with Crippen LogP contribution in [-0.4, -0.2) is 20.3 Å². The van der Waals surface area contributed by atoms with E-state index in [9.17, 15) is 0 Å². The molecule has 0 saturated carbocycles. The Morgan fingerprint density at radius 3 is 1.69 bits per heavy atom. The van der Waals surface area contributed by atoms with Crippen molar-refractivity contribution < 1.29 is 0 Å². The second-order valence-corrected chi connectivity index (χ2v) is 4.11. The Hall–Kier alpha value is -1.63. The van der Waals surface area contributed by atoms with Gasteiger partial charge in [-0.25, -0.2) is 0 Å². The summed E-state index contributed by atoms with van der Waals surface area (Å²) in [5, 5.41) is 2.31. The van der Waals surface area contributed by atoms with E-state index in [1.165, 1.54) is 11.0 Å². The lowest BCUT2D eigenvalue weighted by Crippen LogP contribution is -2.00. The van der Waals surface area contributed by atoms with Crippen LogP contribution in [0.15, 0.2) is 36.4 Å². The van der Waals surface area contributed by atoms with E-state index in [1.807, 2.05) is 36.4 Å². The highest BCUT2D eigenvalue weighted by atomic mass is 14.9. The summed E-state index contributed by atoms with van der Waals surface area (Å²) in [6.45, 7) is 0. The molecular formula is C13H9B2N. The van der Waals surface area contributed by atoms with Crippen molar-refractivity contribution in [2.24, 2.45) is 7.05 Å². The van der Waals surface area contributed by atoms with Crippen LogP contribution in [0.3, 0.4) is 0 Å². The minimum Gasteiger partial charge on any atom is -0.344 e. The Morgan fingerprint density at radius 1 is 0.812 bits per heavy atom. The van der Waals surface area contributed by atoms with Crippen LogP contribution in [0.1, 0.15) is 0 Å². The van der Waals surface area contributed by atoms with Gasteiger partial charge in [0.25, 0.3) is 0 Å². The van der Waals surface area contributed by atoms with Gasteiger partial charge >= 0.3 is 0 Å². The highest BCUT2D eigenvalue weighted by molar-refractivity contribution is 6.35. The zero-order valence-electron chi connectivity index (χ0n) is 9.07. The molecule has 0 unspecified atom stereocenters. The zero-order valence-corrected chi connectivity index (χ0v) is 9.07. The number of benzene rings is 2. The van der Waals surface area contributed by atoms with Gasteiger partial charge in [0, 0.05) is 28.9 Å². The Bertz CT molecular complexity index is 639. The minimum absolute atomic E-state index is 0.780. The molecule has 4 radical (unpaired) electrons. The van der Waals surface area contributed by atoms with Crippen LogP contribution in [-0.2, 0) is 7.05 Å². The first-order valence-corrected chi connectivity index (χ1v) is 5.20. The van der Waals surface area contributed by atoms with Crippen LogP contribution < -0.4 is 10.9 Å². The Balaban J connectivity index is 2.60. The predicted octanol–water partition coefficient (Wildman–Crippen LogP) is 0.919. The molecule has 2 aromatic carbocycles. The van der Waals surface area contributed by atoms with E-state index in [1.54, 1.807) is 0 Å². The Kier molecular flexibility index (Phi) is 1.90. The number of rotatable bonds is 0. The first-order chi connectivity index (χ1) is 7.66. The van der Waals surface area contributed by atoms with Crippen molar-refractivity contribution >= 4 is 48.4 Å². The number of fused-ring (bicyclic) bond motifs is 3. The van der Waals surface area contributed by atoms with Crippen molar-refractivity contribution in [1.82, 2.24) is 4.57 Å². The van der Waals surface area contributed by atoms with Crippen molar-refractivity contribution in [1.29, 1.82) is 0 Å². The van der Waals surface area contributed by atoms with Crippen molar-refractivity contribution in [3.05, 3.63) is 36.4 Å². The average Bonchev–Trinajstić information content (AvgIpc) is 2.52. The van der Waals surface area contributed by atoms with Gasteiger partial charge in [-0.2, -0.15) is 0 Å². The summed E-state index contributed by atoms with van der Waals surface area (Å²) < 4.78 is 2.16. The largest absolute Gasteiger partial charge is 0.344 e. The lowest BCUT2D eigenvalue weighted by Gasteiger charge is -1.97. The summed E-state index contributed by atoms with van der Waals surface area (Å²) >= 11 is 0. The quantitative estimate of drug-likeness (QED) is 0.476. The molecular weight excluding hydrogens is 192 g/mol. The standard InChI is InChI=1S/C13H9B2N/c1-16-12-4-2-8(14)6-10(12)11-7-9(15)3-5-13(11)16/h2-7H,1H3. The van der Waals surface area contributed by atoms with Gasteiger partial charge in [0.1, 0.15) is 15.7 Å². The maximum absolute atomic E-state index is 5.82. The molecule has 0 aliphatic rings. The van der Waals surface area contributed by atoms with Gasteiger partial charge in [-0.3, -0.25) is 0 Å². The normalized spacial score (nSPS) is 11.3. The second-order valence-electron chi connectivity index (χ2n) is 4.11. The minimum atomic E-state index is 0.780. The summed E-state index contributed by atoms with van der Waals surface area (Å²) in [5.41, 5.74) is 3.91. The van der Waals surface area contributed by atoms with Gasteiger partial charge in [0.05, 0.1) is 0 Å². The van der Waals surface area contributed by atoms with Gasteiger partial charge in [-0.05, 0) is 12.1 Å². The first-order valence-electron chi connectivity index (χ1n) is 5.20. The monoisotopic (exact) mass is 201 g/mol. The zero-order chi connectivity index (χ0) is 11.3. The number of nitrogens with zero attached hydrogens (tertiary/aromatic N) is 1. The molecule has 1 aromatic heterocycles. The molecule has 1 heterocycles. The summed E-state index contributed by atoms with van der Waals surface area (Å²) in [7, 11) is 13.7. The summed E-state index contributed by atoms with van der Waals surface area (Å²) in [6.07, 6.45) is 0. The fourth-order valence-corrected chi connectivity index (χ4v) is 2.25. The molecule has 1 nitrogen and oxygen atoms in total. The maximum Gasteiger partial charge on any atom is 0.113 e. The van der Waals surface area contributed by atoms with Crippen molar-refractivity contribution in [2.45, 2.75) is 0 Å². The van der Waals surface area contributed by atoms with Crippen LogP contribution in [0, 0.1) is 0 Å². The fourth-order valence-electron chi connectivity index (χ4n) is 2.25. The topological polar surface area (TPSA) is 4.93 Å². The summed E-state index contributed by atoms with van der Waals surface area (Å²) in [4.78, 5) is 0. The van der Waals surface area contributed by atoms with E-state index in [2.05, 4.69) is 11.6 Å². The second kappa shape index (κ2) is 3.18. The first kappa shape index (κ1) is 9.59. The van der Waals surface area contributed by atoms with Gasteiger partial charge in [0.15, 0.2) is 0 Å². The molecule has 0 spiro atoms. The van der Waals surface area contributed by atoms with Crippen molar-refractivity contribution in [3.8, 4) is 0 Å². The van der Waals surface area contributed by atoms with Crippen LogP contribution in [0.4, 0.5) is 0 Å². The Labute approximate surface area is 96.9 Å². The Morgan fingerprint density at radius 2 is 1.25 bits per heavy atom. The third-order valence-electron chi connectivity index (χ3n) is 3.05. The molecule has 72 valence electrons. The number of aromatic nitrogens is 1. The van der Waals surface area contributed by atoms with E-state index in [-0.39, 0.29) is 0 Å². The van der Waals surface area contributed by atoms with Gasteiger partial charge in [-0.1, -0.05) is 35.2 Å². The average molecular weight is 201 g/mol. The molecule has 16 heavy (non-hydrogen) atoms. The summed E-state index contributed by atoms with van der Waals surface area (Å²) in [5.74, 6) is 0. The maximum atomic E-state index is 5.82. The molecule has 0 aliphatic heterocycles. The molecule has 0 saturated heterocycles. The number of aryl methyl sites for hydroxylation is 1. The SMILES string of the molecule is [B]c1ccc2c(c1)c1cc([B])ccc1n2C. The highest BCUT2D eigenvalue weighted by Crippen LogP contribution is 2.25. The lowest BCUT2D eigenvalue weighted by molar-refractivity contribution is 1.01. The molecule has 0 aliphatic carbocycles. The molecule has 0 fully saturated rings. The van der Waals surface area contributed by atoms with Crippen LogP contribution >= 0.6 is 0 Å². The molecule has 0 bridgehead atoms. The van der Waals surface area contributed by atoms with Gasteiger partial charge < -0.3 is 4.57 Å². The molecule has 3 rings (SSSR count). The molecule has 0 atom stereocenters. The van der Waals surface area contributed by atoms with E-state index in [0.717, 1.165) is 21.7 Å². The summed E-state index contributed by atoms with van der Waals surface area (Å²) in [6, 6.07) is 11.9. The van der Waals surface area contributed by atoms with E-state index >= 15 is 0 Å².